The van der Waals surface area contributed by atoms with Crippen molar-refractivity contribution < 1.29 is 4.79 Å². The maximum absolute atomic E-state index is 12.4. The first kappa shape index (κ1) is 12.5. The Hall–Kier alpha value is -1.97. The van der Waals surface area contributed by atoms with Gasteiger partial charge in [0.05, 0.1) is 5.56 Å². The highest BCUT2D eigenvalue weighted by Crippen LogP contribution is 2.22. The quantitative estimate of drug-likeness (QED) is 0.816. The minimum absolute atomic E-state index is 0.0289. The summed E-state index contributed by atoms with van der Waals surface area (Å²) >= 11 is 0. The minimum atomic E-state index is 0.0289. The number of nitrogen functional groups attached to an aromatic ring is 1. The van der Waals surface area contributed by atoms with Crippen LogP contribution in [-0.4, -0.2) is 28.9 Å². The van der Waals surface area contributed by atoms with Crippen LogP contribution >= 0.6 is 0 Å². The van der Waals surface area contributed by atoms with E-state index in [1.807, 2.05) is 32.2 Å². The van der Waals surface area contributed by atoms with Gasteiger partial charge in [-0.15, -0.1) is 0 Å². The Balaban J connectivity index is 2.42. The lowest BCUT2D eigenvalue weighted by molar-refractivity contribution is 0.0742. The van der Waals surface area contributed by atoms with Crippen LogP contribution in [0.3, 0.4) is 0 Å². The van der Waals surface area contributed by atoms with E-state index in [0.717, 1.165) is 17.3 Å². The maximum atomic E-state index is 12.4. The lowest BCUT2D eigenvalue weighted by Gasteiger charge is -2.23. The Bertz CT molecular complexity index is 573. The third-order valence-electron chi connectivity index (χ3n) is 3.51. The second-order valence-corrected chi connectivity index (χ2v) is 4.68. The van der Waals surface area contributed by atoms with Gasteiger partial charge < -0.3 is 15.6 Å². The molecule has 1 amide bonds. The van der Waals surface area contributed by atoms with Crippen LogP contribution in [-0.2, 0) is 0 Å². The van der Waals surface area contributed by atoms with Gasteiger partial charge in [0.25, 0.3) is 5.91 Å². The Morgan fingerprint density at radius 1 is 1.50 bits per heavy atom. The molecule has 18 heavy (non-hydrogen) atoms. The van der Waals surface area contributed by atoms with Crippen molar-refractivity contribution in [2.75, 3.05) is 12.8 Å². The molecule has 0 saturated heterocycles. The van der Waals surface area contributed by atoms with Crippen molar-refractivity contribution in [2.45, 2.75) is 26.3 Å². The second kappa shape index (κ2) is 4.72. The van der Waals surface area contributed by atoms with Crippen molar-refractivity contribution in [3.05, 3.63) is 30.0 Å². The molecule has 96 valence electrons. The zero-order valence-electron chi connectivity index (χ0n) is 11.0. The number of nitrogens with one attached hydrogen (secondary N) is 1. The van der Waals surface area contributed by atoms with E-state index in [2.05, 4.69) is 11.9 Å². The Kier molecular flexibility index (Phi) is 3.28. The fourth-order valence-electron chi connectivity index (χ4n) is 1.98. The number of anilines is 1. The summed E-state index contributed by atoms with van der Waals surface area (Å²) in [5.74, 6) is 0.0289. The summed E-state index contributed by atoms with van der Waals surface area (Å²) in [5, 5.41) is 0.884. The molecule has 2 aromatic rings. The number of rotatable bonds is 3. The number of carbonyl (C=O) groups is 1. The summed E-state index contributed by atoms with van der Waals surface area (Å²) in [4.78, 5) is 17.3. The van der Waals surface area contributed by atoms with Crippen molar-refractivity contribution in [2.24, 2.45) is 0 Å². The van der Waals surface area contributed by atoms with Crippen molar-refractivity contribution in [1.82, 2.24) is 9.88 Å². The molecule has 0 aliphatic carbocycles. The average Bonchev–Trinajstić information content (AvgIpc) is 2.78. The first-order valence-electron chi connectivity index (χ1n) is 6.18. The van der Waals surface area contributed by atoms with Gasteiger partial charge in [0, 0.05) is 35.9 Å². The summed E-state index contributed by atoms with van der Waals surface area (Å²) in [6, 6.07) is 5.78. The molecule has 1 aromatic heterocycles. The second-order valence-electron chi connectivity index (χ2n) is 4.68. The van der Waals surface area contributed by atoms with Gasteiger partial charge in [-0.1, -0.05) is 6.92 Å². The van der Waals surface area contributed by atoms with Gasteiger partial charge in [-0.3, -0.25) is 4.79 Å². The molecule has 0 radical (unpaired) electrons. The van der Waals surface area contributed by atoms with Crippen LogP contribution < -0.4 is 5.73 Å². The fraction of sp³-hybridized carbons (Fsp3) is 0.357. The van der Waals surface area contributed by atoms with Crippen molar-refractivity contribution in [3.63, 3.8) is 0 Å². The van der Waals surface area contributed by atoms with Crippen LogP contribution in [0.4, 0.5) is 5.69 Å². The molecule has 0 aliphatic heterocycles. The molecule has 4 nitrogen and oxygen atoms in total. The van der Waals surface area contributed by atoms with Gasteiger partial charge in [0.15, 0.2) is 0 Å². The number of aromatic amines is 1. The molecule has 0 fully saturated rings. The highest BCUT2D eigenvalue weighted by atomic mass is 16.2. The standard InChI is InChI=1S/C14H19N3O/c1-4-9(2)17(3)14(18)12-8-16-13-6-5-10(15)7-11(12)13/h5-9,16H,4,15H2,1-3H3. The van der Waals surface area contributed by atoms with E-state index in [1.54, 1.807) is 11.1 Å². The van der Waals surface area contributed by atoms with E-state index in [-0.39, 0.29) is 11.9 Å². The van der Waals surface area contributed by atoms with E-state index in [0.29, 0.717) is 11.3 Å². The molecule has 4 heteroatoms. The Morgan fingerprint density at radius 3 is 2.89 bits per heavy atom. The third kappa shape index (κ3) is 2.06. The number of fused-ring (bicyclic) bond motifs is 1. The smallest absolute Gasteiger partial charge is 0.256 e. The molecule has 0 spiro atoms. The molecule has 1 unspecified atom stereocenters. The van der Waals surface area contributed by atoms with Crippen LogP contribution in [0.5, 0.6) is 0 Å². The Labute approximate surface area is 107 Å². The van der Waals surface area contributed by atoms with E-state index >= 15 is 0 Å². The lowest BCUT2D eigenvalue weighted by Crippen LogP contribution is -2.34. The largest absolute Gasteiger partial charge is 0.399 e. The van der Waals surface area contributed by atoms with Crippen LogP contribution in [0.15, 0.2) is 24.4 Å². The molecule has 1 aromatic carbocycles. The monoisotopic (exact) mass is 245 g/mol. The third-order valence-corrected chi connectivity index (χ3v) is 3.51. The molecular formula is C14H19N3O. The van der Waals surface area contributed by atoms with Gasteiger partial charge in [-0.25, -0.2) is 0 Å². The summed E-state index contributed by atoms with van der Waals surface area (Å²) in [6.45, 7) is 4.11. The molecular weight excluding hydrogens is 226 g/mol. The van der Waals surface area contributed by atoms with Gasteiger partial charge in [0.1, 0.15) is 0 Å². The number of hydrogen-bond donors (Lipinski definition) is 2. The minimum Gasteiger partial charge on any atom is -0.399 e. The summed E-state index contributed by atoms with van der Waals surface area (Å²) in [7, 11) is 1.83. The zero-order chi connectivity index (χ0) is 13.3. The van der Waals surface area contributed by atoms with Crippen molar-refractivity contribution in [1.29, 1.82) is 0 Å². The normalized spacial score (nSPS) is 12.6. The SMILES string of the molecule is CCC(C)N(C)C(=O)c1c[nH]c2ccc(N)cc12. The van der Waals surface area contributed by atoms with E-state index in [4.69, 9.17) is 5.73 Å². The average molecular weight is 245 g/mol. The van der Waals surface area contributed by atoms with Crippen LogP contribution in [0, 0.1) is 0 Å². The molecule has 0 aliphatic rings. The molecule has 0 bridgehead atoms. The Morgan fingerprint density at radius 2 is 2.22 bits per heavy atom. The highest BCUT2D eigenvalue weighted by Gasteiger charge is 2.19. The van der Waals surface area contributed by atoms with Crippen molar-refractivity contribution in [3.8, 4) is 0 Å². The van der Waals surface area contributed by atoms with Crippen molar-refractivity contribution >= 4 is 22.5 Å². The zero-order valence-corrected chi connectivity index (χ0v) is 11.0. The number of carbonyl (C=O) groups excluding carboxylic acids is 1. The number of nitrogens with two attached hydrogens (primary N) is 1. The number of H-pyrrole nitrogens is 1. The number of hydrogen-bond acceptors (Lipinski definition) is 2. The molecule has 3 N–H and O–H groups in total. The summed E-state index contributed by atoms with van der Waals surface area (Å²) in [5.41, 5.74) is 8.06. The van der Waals surface area contributed by atoms with E-state index < -0.39 is 0 Å². The van der Waals surface area contributed by atoms with Crippen LogP contribution in [0.1, 0.15) is 30.6 Å². The molecule has 0 saturated carbocycles. The predicted molar refractivity (Wildman–Crippen MR) is 74.6 cm³/mol. The summed E-state index contributed by atoms with van der Waals surface area (Å²) < 4.78 is 0. The topological polar surface area (TPSA) is 62.1 Å². The first-order chi connectivity index (χ1) is 8.54. The van der Waals surface area contributed by atoms with Gasteiger partial charge in [0.2, 0.25) is 0 Å². The summed E-state index contributed by atoms with van der Waals surface area (Å²) in [6.07, 6.45) is 2.69. The molecule has 2 rings (SSSR count). The van der Waals surface area contributed by atoms with Gasteiger partial charge in [-0.2, -0.15) is 0 Å². The maximum Gasteiger partial charge on any atom is 0.256 e. The van der Waals surface area contributed by atoms with Crippen LogP contribution in [0.25, 0.3) is 10.9 Å². The number of aromatic nitrogens is 1. The molecule has 1 atom stereocenters. The highest BCUT2D eigenvalue weighted by molar-refractivity contribution is 6.07. The van der Waals surface area contributed by atoms with E-state index in [1.165, 1.54) is 0 Å². The number of benzene rings is 1. The van der Waals surface area contributed by atoms with Gasteiger partial charge >= 0.3 is 0 Å². The van der Waals surface area contributed by atoms with E-state index in [9.17, 15) is 4.79 Å². The first-order valence-corrected chi connectivity index (χ1v) is 6.18. The number of amides is 1. The number of nitrogens with zero attached hydrogens (tertiary/aromatic N) is 1. The fourth-order valence-corrected chi connectivity index (χ4v) is 1.98. The predicted octanol–water partition coefficient (Wildman–Crippen LogP) is 2.62. The molecule has 1 heterocycles. The van der Waals surface area contributed by atoms with Crippen LogP contribution in [0.2, 0.25) is 0 Å². The van der Waals surface area contributed by atoms with Gasteiger partial charge in [-0.05, 0) is 31.5 Å². The lowest BCUT2D eigenvalue weighted by atomic mass is 10.1.